The van der Waals surface area contributed by atoms with Gasteiger partial charge >= 0.3 is 0 Å². The Morgan fingerprint density at radius 1 is 1.00 bits per heavy atom. The molecule has 3 rings (SSSR count). The van der Waals surface area contributed by atoms with E-state index in [0.717, 1.165) is 0 Å². The third-order valence-electron chi connectivity index (χ3n) is 4.61. The number of benzene rings is 2. The zero-order chi connectivity index (χ0) is 20.1. The molecular formula is C21H20FN3O3. The number of hydrogen-bond donors (Lipinski definition) is 0. The van der Waals surface area contributed by atoms with Gasteiger partial charge in [-0.1, -0.05) is 0 Å². The van der Waals surface area contributed by atoms with Crippen LogP contribution in [0.15, 0.2) is 48.5 Å². The number of amides is 2. The van der Waals surface area contributed by atoms with E-state index in [0.29, 0.717) is 43.1 Å². The highest BCUT2D eigenvalue weighted by atomic mass is 19.1. The molecule has 0 spiro atoms. The highest BCUT2D eigenvalue weighted by Crippen LogP contribution is 2.16. The van der Waals surface area contributed by atoms with Crippen LogP contribution in [0.5, 0.6) is 5.75 Å². The van der Waals surface area contributed by atoms with E-state index in [1.807, 2.05) is 6.07 Å². The molecule has 1 atom stereocenters. The van der Waals surface area contributed by atoms with Crippen LogP contribution in [0.1, 0.15) is 22.8 Å². The molecule has 0 saturated carbocycles. The van der Waals surface area contributed by atoms with Gasteiger partial charge < -0.3 is 14.5 Å². The molecule has 7 heteroatoms. The molecule has 28 heavy (non-hydrogen) atoms. The average Bonchev–Trinajstić information content (AvgIpc) is 2.74. The fourth-order valence-corrected chi connectivity index (χ4v) is 3.02. The molecular weight excluding hydrogens is 361 g/mol. The normalized spacial score (nSPS) is 14.9. The van der Waals surface area contributed by atoms with Crippen molar-refractivity contribution in [2.24, 2.45) is 0 Å². The van der Waals surface area contributed by atoms with Gasteiger partial charge in [0.15, 0.2) is 6.10 Å². The van der Waals surface area contributed by atoms with Gasteiger partial charge in [-0.25, -0.2) is 4.39 Å². The quantitative estimate of drug-likeness (QED) is 0.815. The summed E-state index contributed by atoms with van der Waals surface area (Å²) in [7, 11) is 0. The molecule has 1 heterocycles. The summed E-state index contributed by atoms with van der Waals surface area (Å²) in [4.78, 5) is 28.4. The highest BCUT2D eigenvalue weighted by Gasteiger charge is 2.28. The Bertz CT molecular complexity index is 883. The van der Waals surface area contributed by atoms with E-state index in [2.05, 4.69) is 0 Å². The molecule has 0 radical (unpaired) electrons. The Hall–Kier alpha value is -3.40. The Labute approximate surface area is 162 Å². The van der Waals surface area contributed by atoms with Gasteiger partial charge in [-0.3, -0.25) is 9.59 Å². The highest BCUT2D eigenvalue weighted by molar-refractivity contribution is 5.94. The lowest BCUT2D eigenvalue weighted by atomic mass is 10.1. The lowest BCUT2D eigenvalue weighted by molar-refractivity contribution is -0.139. The Kier molecular flexibility index (Phi) is 5.90. The molecule has 2 aromatic carbocycles. The number of carbonyl (C=O) groups excluding carboxylic acids is 2. The van der Waals surface area contributed by atoms with Gasteiger partial charge in [-0.05, 0) is 55.5 Å². The van der Waals surface area contributed by atoms with Crippen LogP contribution in [0, 0.1) is 17.1 Å². The minimum absolute atomic E-state index is 0.154. The Balaban J connectivity index is 1.53. The summed E-state index contributed by atoms with van der Waals surface area (Å²) in [6.45, 7) is 3.31. The first-order chi connectivity index (χ1) is 13.5. The van der Waals surface area contributed by atoms with Crippen LogP contribution in [0.4, 0.5) is 4.39 Å². The largest absolute Gasteiger partial charge is 0.481 e. The SMILES string of the molecule is CC(Oc1ccc(C#N)cc1)C(=O)N1CCN(C(=O)c2ccc(F)cc2)CC1. The zero-order valence-corrected chi connectivity index (χ0v) is 15.5. The number of piperazine rings is 1. The monoisotopic (exact) mass is 381 g/mol. The van der Waals surface area contributed by atoms with Crippen molar-refractivity contribution >= 4 is 11.8 Å². The van der Waals surface area contributed by atoms with Crippen molar-refractivity contribution in [2.45, 2.75) is 13.0 Å². The lowest BCUT2D eigenvalue weighted by Crippen LogP contribution is -2.53. The molecule has 0 aliphatic carbocycles. The summed E-state index contributed by atoms with van der Waals surface area (Å²) in [5, 5.41) is 8.82. The second-order valence-corrected chi connectivity index (χ2v) is 6.52. The van der Waals surface area contributed by atoms with Crippen molar-refractivity contribution in [2.75, 3.05) is 26.2 Å². The van der Waals surface area contributed by atoms with Crippen LogP contribution in [-0.2, 0) is 4.79 Å². The fraction of sp³-hybridized carbons (Fsp3) is 0.286. The molecule has 1 saturated heterocycles. The van der Waals surface area contributed by atoms with Crippen LogP contribution >= 0.6 is 0 Å². The molecule has 1 aliphatic heterocycles. The van der Waals surface area contributed by atoms with E-state index < -0.39 is 6.10 Å². The second kappa shape index (κ2) is 8.53. The second-order valence-electron chi connectivity index (χ2n) is 6.52. The standard InChI is InChI=1S/C21H20FN3O3/c1-15(28-19-8-2-16(14-23)3-9-19)20(26)24-10-12-25(13-11-24)21(27)17-4-6-18(22)7-5-17/h2-9,15H,10-13H2,1H3. The van der Waals surface area contributed by atoms with E-state index in [-0.39, 0.29) is 17.6 Å². The minimum atomic E-state index is -0.674. The van der Waals surface area contributed by atoms with Crippen molar-refractivity contribution in [3.05, 3.63) is 65.5 Å². The minimum Gasteiger partial charge on any atom is -0.481 e. The molecule has 1 unspecified atom stereocenters. The third kappa shape index (κ3) is 4.46. The van der Waals surface area contributed by atoms with Gasteiger partial charge in [0.05, 0.1) is 11.6 Å². The third-order valence-corrected chi connectivity index (χ3v) is 4.61. The maximum absolute atomic E-state index is 13.0. The first-order valence-corrected chi connectivity index (χ1v) is 8.98. The molecule has 144 valence electrons. The van der Waals surface area contributed by atoms with E-state index in [1.54, 1.807) is 41.0 Å². The number of hydrogen-bond acceptors (Lipinski definition) is 4. The molecule has 2 aromatic rings. The lowest BCUT2D eigenvalue weighted by Gasteiger charge is -2.36. The van der Waals surface area contributed by atoms with Crippen molar-refractivity contribution in [1.29, 1.82) is 5.26 Å². The zero-order valence-electron chi connectivity index (χ0n) is 15.5. The molecule has 0 aromatic heterocycles. The first kappa shape index (κ1) is 19.4. The van der Waals surface area contributed by atoms with Crippen LogP contribution in [0.3, 0.4) is 0 Å². The number of halogens is 1. The maximum Gasteiger partial charge on any atom is 0.263 e. The first-order valence-electron chi connectivity index (χ1n) is 8.98. The summed E-state index contributed by atoms with van der Waals surface area (Å²) in [5.41, 5.74) is 0.951. The number of nitriles is 1. The van der Waals surface area contributed by atoms with E-state index in [9.17, 15) is 14.0 Å². The van der Waals surface area contributed by atoms with Gasteiger partial charge in [0.25, 0.3) is 11.8 Å². The van der Waals surface area contributed by atoms with Crippen molar-refractivity contribution in [1.82, 2.24) is 9.80 Å². The predicted octanol–water partition coefficient (Wildman–Crippen LogP) is 2.45. The Morgan fingerprint density at radius 3 is 2.14 bits per heavy atom. The van der Waals surface area contributed by atoms with E-state index >= 15 is 0 Å². The van der Waals surface area contributed by atoms with Gasteiger partial charge in [0, 0.05) is 31.7 Å². The van der Waals surface area contributed by atoms with E-state index in [1.165, 1.54) is 24.3 Å². The number of ether oxygens (including phenoxy) is 1. The molecule has 0 N–H and O–H groups in total. The van der Waals surface area contributed by atoms with Gasteiger partial charge in [-0.2, -0.15) is 5.26 Å². The van der Waals surface area contributed by atoms with Crippen LogP contribution in [0.2, 0.25) is 0 Å². The molecule has 1 aliphatic rings. The van der Waals surface area contributed by atoms with Crippen molar-refractivity contribution in [3.8, 4) is 11.8 Å². The predicted molar refractivity (Wildman–Crippen MR) is 100 cm³/mol. The molecule has 0 bridgehead atoms. The van der Waals surface area contributed by atoms with Crippen LogP contribution in [0.25, 0.3) is 0 Å². The van der Waals surface area contributed by atoms with Crippen LogP contribution in [-0.4, -0.2) is 53.9 Å². The van der Waals surface area contributed by atoms with Gasteiger partial charge in [0.2, 0.25) is 0 Å². The summed E-state index contributed by atoms with van der Waals surface area (Å²) in [6, 6.07) is 14.0. The summed E-state index contributed by atoms with van der Waals surface area (Å²) < 4.78 is 18.7. The van der Waals surface area contributed by atoms with Gasteiger partial charge in [-0.15, -0.1) is 0 Å². The Morgan fingerprint density at radius 2 is 1.57 bits per heavy atom. The van der Waals surface area contributed by atoms with Gasteiger partial charge in [0.1, 0.15) is 11.6 Å². The number of rotatable bonds is 4. The maximum atomic E-state index is 13.0. The number of nitrogens with zero attached hydrogens (tertiary/aromatic N) is 3. The average molecular weight is 381 g/mol. The van der Waals surface area contributed by atoms with Crippen molar-refractivity contribution in [3.63, 3.8) is 0 Å². The van der Waals surface area contributed by atoms with Crippen molar-refractivity contribution < 1.29 is 18.7 Å². The molecule has 6 nitrogen and oxygen atoms in total. The topological polar surface area (TPSA) is 73.6 Å². The van der Waals surface area contributed by atoms with Crippen LogP contribution < -0.4 is 4.74 Å². The molecule has 1 fully saturated rings. The summed E-state index contributed by atoms with van der Waals surface area (Å²) in [5.74, 6) is -0.194. The fourth-order valence-electron chi connectivity index (χ4n) is 3.02. The summed E-state index contributed by atoms with van der Waals surface area (Å²) >= 11 is 0. The molecule has 2 amide bonds. The number of carbonyl (C=O) groups is 2. The van der Waals surface area contributed by atoms with E-state index in [4.69, 9.17) is 10.00 Å². The smallest absolute Gasteiger partial charge is 0.263 e. The summed E-state index contributed by atoms with van der Waals surface area (Å²) in [6.07, 6.45) is -0.674.